The lowest BCUT2D eigenvalue weighted by molar-refractivity contribution is -0.141. The zero-order valence-corrected chi connectivity index (χ0v) is 27.9. The molecular weight excluding hydrogens is 617 g/mol. The Morgan fingerprint density at radius 3 is 2.14 bits per heavy atom. The molecule has 0 bridgehead atoms. The standard InChI is InChI=1S/C34H41Cl2N3O4S/c1-24-19-25(2)21-28(20-24)39(44(3,42)43)18-10-17-33(40)38(23-29-30(35)15-9-16-31(29)36)32(22-26-11-5-4-6-12-26)34(41)37-27-13-7-8-14-27/h4-6,9,11-12,15-16,19-21,27,32H,7-8,10,13-14,17-18,22-23H2,1-3H3,(H,37,41)/t32-/m1/s1. The maximum absolute atomic E-state index is 14.1. The highest BCUT2D eigenvalue weighted by Crippen LogP contribution is 2.28. The molecule has 1 aliphatic carbocycles. The monoisotopic (exact) mass is 657 g/mol. The van der Waals surface area contributed by atoms with Crippen LogP contribution in [0.15, 0.2) is 66.7 Å². The third-order valence-corrected chi connectivity index (χ3v) is 9.91. The highest BCUT2D eigenvalue weighted by Gasteiger charge is 2.33. The predicted molar refractivity (Wildman–Crippen MR) is 179 cm³/mol. The van der Waals surface area contributed by atoms with Crippen LogP contribution in [0.5, 0.6) is 0 Å². The van der Waals surface area contributed by atoms with Crippen LogP contribution in [0.2, 0.25) is 10.0 Å². The van der Waals surface area contributed by atoms with Crippen molar-refractivity contribution in [3.63, 3.8) is 0 Å². The van der Waals surface area contributed by atoms with Crippen LogP contribution >= 0.6 is 23.2 Å². The Morgan fingerprint density at radius 2 is 1.55 bits per heavy atom. The summed E-state index contributed by atoms with van der Waals surface area (Å²) in [5.41, 5.74) is 3.94. The number of rotatable bonds is 13. The van der Waals surface area contributed by atoms with Gasteiger partial charge in [0.05, 0.1) is 11.9 Å². The second-order valence-corrected chi connectivity index (χ2v) is 14.4. The molecule has 4 rings (SSSR count). The van der Waals surface area contributed by atoms with Gasteiger partial charge in [-0.25, -0.2) is 8.42 Å². The zero-order chi connectivity index (χ0) is 31.9. The molecule has 1 aliphatic rings. The summed E-state index contributed by atoms with van der Waals surface area (Å²) in [5.74, 6) is -0.498. The Kier molecular flexibility index (Phi) is 11.7. The van der Waals surface area contributed by atoms with Crippen molar-refractivity contribution < 1.29 is 18.0 Å². The number of hydrogen-bond donors (Lipinski definition) is 1. The van der Waals surface area contributed by atoms with E-state index in [1.54, 1.807) is 23.1 Å². The van der Waals surface area contributed by atoms with E-state index < -0.39 is 16.1 Å². The SMILES string of the molecule is Cc1cc(C)cc(N(CCCC(=O)N(Cc2c(Cl)cccc2Cl)[C@H](Cc2ccccc2)C(=O)NC2CCCC2)S(C)(=O)=O)c1. The molecule has 3 aromatic carbocycles. The number of carbonyl (C=O) groups excluding carboxylic acids is 2. The lowest BCUT2D eigenvalue weighted by Gasteiger charge is -2.33. The number of sulfonamides is 1. The maximum Gasteiger partial charge on any atom is 0.243 e. The van der Waals surface area contributed by atoms with Crippen molar-refractivity contribution in [2.75, 3.05) is 17.1 Å². The van der Waals surface area contributed by atoms with Crippen LogP contribution in [0.25, 0.3) is 0 Å². The normalized spacial score (nSPS) is 14.3. The molecule has 0 heterocycles. The van der Waals surface area contributed by atoms with Gasteiger partial charge in [-0.1, -0.05) is 78.5 Å². The van der Waals surface area contributed by atoms with Gasteiger partial charge in [0, 0.05) is 47.6 Å². The molecule has 3 aromatic rings. The Balaban J connectivity index is 1.63. The van der Waals surface area contributed by atoms with E-state index in [2.05, 4.69) is 5.32 Å². The van der Waals surface area contributed by atoms with Crippen LogP contribution in [0.4, 0.5) is 5.69 Å². The van der Waals surface area contributed by atoms with Crippen molar-refractivity contribution in [1.29, 1.82) is 0 Å². The number of hydrogen-bond acceptors (Lipinski definition) is 4. The molecule has 44 heavy (non-hydrogen) atoms. The number of amides is 2. The van der Waals surface area contributed by atoms with Crippen LogP contribution in [0, 0.1) is 13.8 Å². The highest BCUT2D eigenvalue weighted by molar-refractivity contribution is 7.92. The lowest BCUT2D eigenvalue weighted by atomic mass is 10.0. The van der Waals surface area contributed by atoms with Gasteiger partial charge in [-0.15, -0.1) is 0 Å². The van der Waals surface area contributed by atoms with Crippen molar-refractivity contribution in [3.8, 4) is 0 Å². The summed E-state index contributed by atoms with van der Waals surface area (Å²) in [5, 5.41) is 4.00. The molecule has 0 aliphatic heterocycles. The van der Waals surface area contributed by atoms with Crippen LogP contribution < -0.4 is 9.62 Å². The van der Waals surface area contributed by atoms with Gasteiger partial charge < -0.3 is 10.2 Å². The minimum Gasteiger partial charge on any atom is -0.352 e. The first kappa shape index (κ1) is 33.8. The molecule has 1 fully saturated rings. The van der Waals surface area contributed by atoms with Gasteiger partial charge in [-0.05, 0) is 74.1 Å². The summed E-state index contributed by atoms with van der Waals surface area (Å²) in [6, 6.07) is 19.7. The van der Waals surface area contributed by atoms with Crippen LogP contribution in [-0.4, -0.2) is 50.0 Å². The van der Waals surface area contributed by atoms with E-state index in [0.29, 0.717) is 27.7 Å². The van der Waals surface area contributed by atoms with Gasteiger partial charge in [0.15, 0.2) is 0 Å². The topological polar surface area (TPSA) is 86.8 Å². The van der Waals surface area contributed by atoms with E-state index in [-0.39, 0.29) is 43.8 Å². The predicted octanol–water partition coefficient (Wildman–Crippen LogP) is 6.86. The van der Waals surface area contributed by atoms with E-state index in [1.165, 1.54) is 10.6 Å². The zero-order valence-electron chi connectivity index (χ0n) is 25.6. The van der Waals surface area contributed by atoms with Crippen molar-refractivity contribution in [2.24, 2.45) is 0 Å². The number of halogens is 2. The van der Waals surface area contributed by atoms with Crippen molar-refractivity contribution in [1.82, 2.24) is 10.2 Å². The molecule has 1 saturated carbocycles. The number of nitrogens with one attached hydrogen (secondary N) is 1. The third kappa shape index (κ3) is 9.22. The van der Waals surface area contributed by atoms with Crippen molar-refractivity contribution >= 4 is 50.7 Å². The molecule has 0 spiro atoms. The van der Waals surface area contributed by atoms with Crippen LogP contribution in [-0.2, 0) is 32.6 Å². The van der Waals surface area contributed by atoms with E-state index >= 15 is 0 Å². The molecule has 0 radical (unpaired) electrons. The summed E-state index contributed by atoms with van der Waals surface area (Å²) >= 11 is 13.1. The van der Waals surface area contributed by atoms with E-state index in [0.717, 1.165) is 42.4 Å². The number of nitrogens with zero attached hydrogens (tertiary/aromatic N) is 2. The molecule has 2 amide bonds. The molecule has 1 atom stereocenters. The first-order valence-corrected chi connectivity index (χ1v) is 17.7. The summed E-state index contributed by atoms with van der Waals surface area (Å²) in [7, 11) is -3.60. The molecule has 0 aromatic heterocycles. The minimum atomic E-state index is -3.60. The fourth-order valence-corrected chi connectivity index (χ4v) is 7.34. The first-order valence-electron chi connectivity index (χ1n) is 15.0. The largest absolute Gasteiger partial charge is 0.352 e. The lowest BCUT2D eigenvalue weighted by Crippen LogP contribution is -2.52. The average Bonchev–Trinajstić information content (AvgIpc) is 3.46. The molecule has 236 valence electrons. The Labute approximate surface area is 271 Å². The van der Waals surface area contributed by atoms with Crippen LogP contribution in [0.1, 0.15) is 60.8 Å². The minimum absolute atomic E-state index is 0.0287. The first-order chi connectivity index (χ1) is 20.9. The fraction of sp³-hybridized carbons (Fsp3) is 0.412. The second-order valence-electron chi connectivity index (χ2n) is 11.7. The summed E-state index contributed by atoms with van der Waals surface area (Å²) in [6.07, 6.45) is 5.70. The Hall–Kier alpha value is -3.07. The summed E-state index contributed by atoms with van der Waals surface area (Å²) in [6.45, 7) is 4.00. The smallest absolute Gasteiger partial charge is 0.243 e. The van der Waals surface area contributed by atoms with Crippen LogP contribution in [0.3, 0.4) is 0 Å². The Morgan fingerprint density at radius 1 is 0.932 bits per heavy atom. The fourth-order valence-electron chi connectivity index (χ4n) is 5.87. The highest BCUT2D eigenvalue weighted by atomic mass is 35.5. The Bertz CT molecular complexity index is 1520. The van der Waals surface area contributed by atoms with Gasteiger partial charge in [-0.2, -0.15) is 0 Å². The number of aryl methyl sites for hydroxylation is 2. The van der Waals surface area contributed by atoms with Gasteiger partial charge in [0.25, 0.3) is 0 Å². The quantitative estimate of drug-likeness (QED) is 0.218. The molecular formula is C34H41Cl2N3O4S. The number of carbonyl (C=O) groups is 2. The van der Waals surface area contributed by atoms with Crippen molar-refractivity contribution in [3.05, 3.63) is 99.0 Å². The summed E-state index contributed by atoms with van der Waals surface area (Å²) < 4.78 is 26.9. The van der Waals surface area contributed by atoms with E-state index in [4.69, 9.17) is 23.2 Å². The van der Waals surface area contributed by atoms with E-state index in [9.17, 15) is 18.0 Å². The second kappa shape index (κ2) is 15.3. The summed E-state index contributed by atoms with van der Waals surface area (Å²) in [4.78, 5) is 29.6. The molecule has 1 N–H and O–H groups in total. The molecule has 10 heteroatoms. The maximum atomic E-state index is 14.1. The van der Waals surface area contributed by atoms with Crippen molar-refractivity contribution in [2.45, 2.75) is 77.4 Å². The van der Waals surface area contributed by atoms with Gasteiger partial charge >= 0.3 is 0 Å². The average molecular weight is 659 g/mol. The molecule has 7 nitrogen and oxygen atoms in total. The van der Waals surface area contributed by atoms with Gasteiger partial charge in [0.1, 0.15) is 6.04 Å². The third-order valence-electron chi connectivity index (χ3n) is 8.01. The molecule has 0 unspecified atom stereocenters. The number of anilines is 1. The molecule has 0 saturated heterocycles. The number of benzene rings is 3. The van der Waals surface area contributed by atoms with Gasteiger partial charge in [-0.3, -0.25) is 13.9 Å². The van der Waals surface area contributed by atoms with Gasteiger partial charge in [0.2, 0.25) is 21.8 Å². The van der Waals surface area contributed by atoms with E-state index in [1.807, 2.05) is 62.4 Å².